The highest BCUT2D eigenvalue weighted by atomic mass is 127. The summed E-state index contributed by atoms with van der Waals surface area (Å²) < 4.78 is 5.25. The Bertz CT molecular complexity index is 468. The standard InChI is InChI=1S/C18H32N4O.HI/c1-5-7-12-22(3)13-11-20-18(19-6-2)21-15-16-9-8-10-17(14-16)23-4;/h8-10,14H,5-7,11-13,15H2,1-4H3,(H2,19,20,21);1H. The van der Waals surface area contributed by atoms with Crippen LogP contribution in [-0.2, 0) is 6.54 Å². The number of rotatable bonds is 10. The second-order valence-corrected chi connectivity index (χ2v) is 5.63. The van der Waals surface area contributed by atoms with Crippen LogP contribution in [0.2, 0.25) is 0 Å². The molecule has 0 unspecified atom stereocenters. The van der Waals surface area contributed by atoms with E-state index >= 15 is 0 Å². The van der Waals surface area contributed by atoms with Crippen LogP contribution < -0.4 is 15.4 Å². The lowest BCUT2D eigenvalue weighted by molar-refractivity contribution is 0.332. The molecule has 0 aromatic heterocycles. The fourth-order valence-corrected chi connectivity index (χ4v) is 2.19. The van der Waals surface area contributed by atoms with Crippen molar-refractivity contribution >= 4 is 29.9 Å². The van der Waals surface area contributed by atoms with E-state index in [-0.39, 0.29) is 24.0 Å². The van der Waals surface area contributed by atoms with Gasteiger partial charge in [0, 0.05) is 19.6 Å². The Kier molecular flexibility index (Phi) is 13.7. The first-order valence-electron chi connectivity index (χ1n) is 8.53. The zero-order chi connectivity index (χ0) is 16.9. The van der Waals surface area contributed by atoms with Gasteiger partial charge in [0.15, 0.2) is 5.96 Å². The third kappa shape index (κ3) is 9.97. The molecule has 5 nitrogen and oxygen atoms in total. The van der Waals surface area contributed by atoms with E-state index in [0.29, 0.717) is 6.54 Å². The van der Waals surface area contributed by atoms with E-state index < -0.39 is 0 Å². The molecule has 6 heteroatoms. The Morgan fingerprint density at radius 2 is 2.00 bits per heavy atom. The molecule has 0 spiro atoms. The molecule has 1 aromatic rings. The molecular weight excluding hydrogens is 415 g/mol. The summed E-state index contributed by atoms with van der Waals surface area (Å²) in [5, 5.41) is 6.68. The molecule has 24 heavy (non-hydrogen) atoms. The average molecular weight is 448 g/mol. The minimum atomic E-state index is 0. The van der Waals surface area contributed by atoms with Gasteiger partial charge in [-0.05, 0) is 44.6 Å². The summed E-state index contributed by atoms with van der Waals surface area (Å²) in [5.41, 5.74) is 1.14. The Labute approximate surface area is 164 Å². The second-order valence-electron chi connectivity index (χ2n) is 5.63. The number of aliphatic imine (C=N–C) groups is 1. The lowest BCUT2D eigenvalue weighted by Crippen LogP contribution is -2.41. The number of nitrogens with zero attached hydrogens (tertiary/aromatic N) is 2. The molecule has 0 fully saturated rings. The first kappa shape index (κ1) is 23.0. The van der Waals surface area contributed by atoms with Gasteiger partial charge in [0.2, 0.25) is 0 Å². The fourth-order valence-electron chi connectivity index (χ4n) is 2.19. The number of halogens is 1. The van der Waals surface area contributed by atoms with E-state index in [1.54, 1.807) is 7.11 Å². The first-order valence-corrected chi connectivity index (χ1v) is 8.53. The Morgan fingerprint density at radius 3 is 2.67 bits per heavy atom. The van der Waals surface area contributed by atoms with Crippen LogP contribution in [0.4, 0.5) is 0 Å². The number of ether oxygens (including phenoxy) is 1. The van der Waals surface area contributed by atoms with E-state index in [2.05, 4.69) is 47.5 Å². The van der Waals surface area contributed by atoms with Crippen LogP contribution >= 0.6 is 24.0 Å². The van der Waals surface area contributed by atoms with Crippen molar-refractivity contribution in [2.24, 2.45) is 4.99 Å². The van der Waals surface area contributed by atoms with Gasteiger partial charge in [0.05, 0.1) is 13.7 Å². The molecule has 138 valence electrons. The van der Waals surface area contributed by atoms with Gasteiger partial charge in [-0.3, -0.25) is 0 Å². The second kappa shape index (κ2) is 14.3. The maximum Gasteiger partial charge on any atom is 0.191 e. The first-order chi connectivity index (χ1) is 11.2. The predicted molar refractivity (Wildman–Crippen MR) is 114 cm³/mol. The highest BCUT2D eigenvalue weighted by Gasteiger charge is 2.01. The normalized spacial score (nSPS) is 11.1. The lowest BCUT2D eigenvalue weighted by atomic mass is 10.2. The van der Waals surface area contributed by atoms with Crippen molar-refractivity contribution in [1.82, 2.24) is 15.5 Å². The number of hydrogen-bond acceptors (Lipinski definition) is 3. The number of unbranched alkanes of at least 4 members (excludes halogenated alkanes) is 1. The topological polar surface area (TPSA) is 48.9 Å². The van der Waals surface area contributed by atoms with E-state index in [0.717, 1.165) is 43.5 Å². The van der Waals surface area contributed by atoms with Crippen LogP contribution in [0.3, 0.4) is 0 Å². The summed E-state index contributed by atoms with van der Waals surface area (Å²) in [6.07, 6.45) is 2.49. The van der Waals surface area contributed by atoms with Crippen LogP contribution in [0.25, 0.3) is 0 Å². The van der Waals surface area contributed by atoms with Crippen LogP contribution in [-0.4, -0.2) is 51.2 Å². The monoisotopic (exact) mass is 448 g/mol. The van der Waals surface area contributed by atoms with Gasteiger partial charge in [0.1, 0.15) is 5.75 Å². The molecule has 2 N–H and O–H groups in total. The van der Waals surface area contributed by atoms with Crippen LogP contribution in [0.5, 0.6) is 5.75 Å². The molecule has 0 radical (unpaired) electrons. The predicted octanol–water partition coefficient (Wildman–Crippen LogP) is 3.10. The Balaban J connectivity index is 0.00000529. The molecule has 0 aliphatic carbocycles. The number of hydrogen-bond donors (Lipinski definition) is 2. The minimum absolute atomic E-state index is 0. The van der Waals surface area contributed by atoms with Gasteiger partial charge in [-0.25, -0.2) is 4.99 Å². The number of nitrogens with one attached hydrogen (secondary N) is 2. The van der Waals surface area contributed by atoms with E-state index in [1.165, 1.54) is 12.8 Å². The zero-order valence-electron chi connectivity index (χ0n) is 15.5. The molecule has 0 saturated carbocycles. The van der Waals surface area contributed by atoms with Crippen molar-refractivity contribution in [3.63, 3.8) is 0 Å². The molecular formula is C18H33IN4O. The van der Waals surface area contributed by atoms with E-state index in [4.69, 9.17) is 4.74 Å². The SMILES string of the molecule is CCCCN(C)CCNC(=NCc1cccc(OC)c1)NCC.I. The molecule has 0 aliphatic heterocycles. The maximum atomic E-state index is 5.25. The summed E-state index contributed by atoms with van der Waals surface area (Å²) in [4.78, 5) is 6.99. The molecule has 0 amide bonds. The van der Waals surface area contributed by atoms with Crippen molar-refractivity contribution in [3.8, 4) is 5.75 Å². The molecule has 0 aliphatic rings. The summed E-state index contributed by atoms with van der Waals surface area (Å²) in [5.74, 6) is 1.73. The highest BCUT2D eigenvalue weighted by Crippen LogP contribution is 2.13. The number of methoxy groups -OCH3 is 1. The Morgan fingerprint density at radius 1 is 1.21 bits per heavy atom. The molecule has 0 bridgehead atoms. The van der Waals surface area contributed by atoms with Gasteiger partial charge in [-0.2, -0.15) is 0 Å². The van der Waals surface area contributed by atoms with Gasteiger partial charge in [-0.15, -0.1) is 24.0 Å². The molecule has 0 heterocycles. The fraction of sp³-hybridized carbons (Fsp3) is 0.611. The lowest BCUT2D eigenvalue weighted by Gasteiger charge is -2.17. The average Bonchev–Trinajstić information content (AvgIpc) is 2.58. The molecule has 1 rings (SSSR count). The van der Waals surface area contributed by atoms with Crippen LogP contribution in [0.1, 0.15) is 32.3 Å². The highest BCUT2D eigenvalue weighted by molar-refractivity contribution is 14.0. The largest absolute Gasteiger partial charge is 0.497 e. The molecule has 0 saturated heterocycles. The number of guanidine groups is 1. The minimum Gasteiger partial charge on any atom is -0.497 e. The summed E-state index contributed by atoms with van der Waals surface area (Å²) in [6.45, 7) is 8.86. The summed E-state index contributed by atoms with van der Waals surface area (Å²) in [7, 11) is 3.85. The summed E-state index contributed by atoms with van der Waals surface area (Å²) >= 11 is 0. The van der Waals surface area contributed by atoms with Crippen LogP contribution in [0, 0.1) is 0 Å². The van der Waals surface area contributed by atoms with Gasteiger partial charge in [0.25, 0.3) is 0 Å². The van der Waals surface area contributed by atoms with Crippen molar-refractivity contribution in [2.45, 2.75) is 33.2 Å². The third-order valence-electron chi connectivity index (χ3n) is 3.58. The van der Waals surface area contributed by atoms with E-state index in [9.17, 15) is 0 Å². The van der Waals surface area contributed by atoms with Crippen LogP contribution in [0.15, 0.2) is 29.3 Å². The third-order valence-corrected chi connectivity index (χ3v) is 3.58. The number of benzene rings is 1. The quantitative estimate of drug-likeness (QED) is 0.328. The maximum absolute atomic E-state index is 5.25. The van der Waals surface area contributed by atoms with E-state index in [1.807, 2.05) is 18.2 Å². The van der Waals surface area contributed by atoms with Crippen molar-refractivity contribution < 1.29 is 4.74 Å². The molecule has 1 aromatic carbocycles. The smallest absolute Gasteiger partial charge is 0.191 e. The molecule has 0 atom stereocenters. The van der Waals surface area contributed by atoms with Crippen molar-refractivity contribution in [3.05, 3.63) is 29.8 Å². The van der Waals surface area contributed by atoms with Gasteiger partial charge in [-0.1, -0.05) is 25.5 Å². The zero-order valence-corrected chi connectivity index (χ0v) is 17.8. The van der Waals surface area contributed by atoms with Gasteiger partial charge < -0.3 is 20.3 Å². The summed E-state index contributed by atoms with van der Waals surface area (Å²) in [6, 6.07) is 8.02. The van der Waals surface area contributed by atoms with Crippen molar-refractivity contribution in [1.29, 1.82) is 0 Å². The number of likely N-dealkylation sites (N-methyl/N-ethyl adjacent to an activating group) is 1. The van der Waals surface area contributed by atoms with Gasteiger partial charge >= 0.3 is 0 Å². The Hall–Kier alpha value is -1.02. The van der Waals surface area contributed by atoms with Crippen molar-refractivity contribution in [2.75, 3.05) is 40.3 Å².